The molecule has 3 N–H and O–H groups in total. The Hall–Kier alpha value is -4.73. The quantitative estimate of drug-likeness (QED) is 0.179. The predicted octanol–water partition coefficient (Wildman–Crippen LogP) is 6.76. The van der Waals surface area contributed by atoms with Gasteiger partial charge < -0.3 is 10.3 Å². The van der Waals surface area contributed by atoms with Crippen LogP contribution in [0.3, 0.4) is 0 Å². The summed E-state index contributed by atoms with van der Waals surface area (Å²) in [4.78, 5) is 31.8. The van der Waals surface area contributed by atoms with Crippen LogP contribution in [0.1, 0.15) is 46.1 Å². The number of anilines is 1. The normalized spacial score (nSPS) is 14.7. The maximum absolute atomic E-state index is 12.7. The molecule has 1 fully saturated rings. The van der Waals surface area contributed by atoms with Gasteiger partial charge in [0, 0.05) is 41.6 Å². The molecule has 222 valence electrons. The van der Waals surface area contributed by atoms with Crippen LogP contribution < -0.4 is 11.0 Å². The zero-order chi connectivity index (χ0) is 30.0. The minimum Gasteiger partial charge on any atom is -0.326 e. The van der Waals surface area contributed by atoms with Gasteiger partial charge in [-0.15, -0.1) is 11.3 Å². The molecule has 0 bridgehead atoms. The van der Waals surface area contributed by atoms with Gasteiger partial charge in [0.15, 0.2) is 0 Å². The number of hydrogen-bond donors (Lipinski definition) is 3. The number of likely N-dealkylation sites (tertiary alicyclic amines) is 1. The Morgan fingerprint density at radius 3 is 2.73 bits per heavy atom. The number of piperidine rings is 1. The first kappa shape index (κ1) is 28.1. The summed E-state index contributed by atoms with van der Waals surface area (Å²) in [6, 6.07) is 24.7. The van der Waals surface area contributed by atoms with E-state index >= 15 is 0 Å². The summed E-state index contributed by atoms with van der Waals surface area (Å²) in [5, 5.41) is 13.7. The Labute approximate surface area is 259 Å². The minimum atomic E-state index is -0.0246. The fourth-order valence-electron chi connectivity index (χ4n) is 6.22. The average Bonchev–Trinajstić information content (AvgIpc) is 3.75. The third kappa shape index (κ3) is 5.89. The third-order valence-corrected chi connectivity index (χ3v) is 9.34. The zero-order valence-electron chi connectivity index (χ0n) is 24.5. The molecule has 9 heteroatoms. The number of hydrogen-bond acceptors (Lipinski definition) is 5. The number of imidazole rings is 1. The van der Waals surface area contributed by atoms with Crippen molar-refractivity contribution in [3.8, 4) is 0 Å². The Morgan fingerprint density at radius 1 is 1.02 bits per heavy atom. The molecule has 1 saturated heterocycles. The molecule has 1 amide bonds. The molecule has 3 aromatic heterocycles. The molecule has 0 radical (unpaired) electrons. The Kier molecular flexibility index (Phi) is 7.72. The fraction of sp³-hybridized carbons (Fsp3) is 0.229. The van der Waals surface area contributed by atoms with E-state index in [0.29, 0.717) is 6.42 Å². The van der Waals surface area contributed by atoms with Gasteiger partial charge in [0.25, 0.3) is 0 Å². The number of amides is 1. The van der Waals surface area contributed by atoms with Gasteiger partial charge in [-0.05, 0) is 78.2 Å². The maximum atomic E-state index is 12.7. The summed E-state index contributed by atoms with van der Waals surface area (Å²) >= 11 is 1.59. The Balaban J connectivity index is 1.01. The van der Waals surface area contributed by atoms with Crippen LogP contribution in [0.2, 0.25) is 0 Å². The number of nitrogens with one attached hydrogen (secondary N) is 3. The molecule has 0 saturated carbocycles. The zero-order valence-corrected chi connectivity index (χ0v) is 25.4. The van der Waals surface area contributed by atoms with Crippen LogP contribution in [-0.4, -0.2) is 43.6 Å². The van der Waals surface area contributed by atoms with Crippen molar-refractivity contribution < 1.29 is 4.79 Å². The van der Waals surface area contributed by atoms with Gasteiger partial charge in [-0.1, -0.05) is 48.5 Å². The van der Waals surface area contributed by atoms with E-state index in [1.165, 1.54) is 5.56 Å². The number of aromatic nitrogens is 4. The lowest BCUT2D eigenvalue weighted by molar-refractivity contribution is -0.115. The van der Waals surface area contributed by atoms with Gasteiger partial charge in [-0.3, -0.25) is 19.4 Å². The molecule has 1 aliphatic rings. The molecule has 0 aliphatic carbocycles. The molecule has 0 unspecified atom stereocenters. The number of fused-ring (bicyclic) bond motifs is 2. The SMILES string of the molecule is Cc1cc2[nH]nc(/C=C/c3cccc(CN4CCC(n5c(=O)[nH]c6ccccc65)CC4)c3)c2cc1NC(=O)Cc1cccs1. The van der Waals surface area contributed by atoms with E-state index < -0.39 is 0 Å². The van der Waals surface area contributed by atoms with Crippen LogP contribution in [0.15, 0.2) is 83.0 Å². The minimum absolute atomic E-state index is 0.0147. The van der Waals surface area contributed by atoms with Crippen molar-refractivity contribution >= 4 is 57.0 Å². The number of aromatic amines is 2. The van der Waals surface area contributed by atoms with Crippen LogP contribution in [0.5, 0.6) is 0 Å². The summed E-state index contributed by atoms with van der Waals surface area (Å²) in [5.74, 6) is -0.0246. The van der Waals surface area contributed by atoms with Crippen LogP contribution in [0.4, 0.5) is 5.69 Å². The largest absolute Gasteiger partial charge is 0.326 e. The molecule has 0 atom stereocenters. The van der Waals surface area contributed by atoms with E-state index in [0.717, 1.165) is 81.8 Å². The molecule has 3 aromatic carbocycles. The van der Waals surface area contributed by atoms with Gasteiger partial charge in [0.1, 0.15) is 0 Å². The van der Waals surface area contributed by atoms with Crippen LogP contribution in [0.25, 0.3) is 34.1 Å². The Bertz CT molecular complexity index is 2030. The average molecular weight is 603 g/mol. The predicted molar refractivity (Wildman–Crippen MR) is 179 cm³/mol. The molecule has 6 aromatic rings. The van der Waals surface area contributed by atoms with E-state index in [4.69, 9.17) is 0 Å². The second kappa shape index (κ2) is 12.1. The highest BCUT2D eigenvalue weighted by Gasteiger charge is 2.23. The number of thiophene rings is 1. The van der Waals surface area contributed by atoms with E-state index in [9.17, 15) is 9.59 Å². The standard InChI is InChI=1S/C35H34N6O2S/c1-23-18-32-28(21-31(23)36-34(42)20-27-8-5-17-44-27)29(38-39-32)12-11-24-6-4-7-25(19-24)22-40-15-13-26(14-16-40)41-33-10-3-2-9-30(33)37-35(41)43/h2-12,17-19,21,26H,13-16,20,22H2,1H3,(H,36,42)(H,37,43)(H,38,39)/b12-11+. The Morgan fingerprint density at radius 2 is 1.89 bits per heavy atom. The number of nitrogens with zero attached hydrogens (tertiary/aromatic N) is 3. The monoisotopic (exact) mass is 602 g/mol. The summed E-state index contributed by atoms with van der Waals surface area (Å²) in [5.41, 5.74) is 7.80. The topological polar surface area (TPSA) is 98.8 Å². The number of H-pyrrole nitrogens is 2. The van der Waals surface area contributed by atoms with Gasteiger partial charge in [-0.2, -0.15) is 5.10 Å². The number of carbonyl (C=O) groups is 1. The van der Waals surface area contributed by atoms with Crippen molar-refractivity contribution in [3.63, 3.8) is 0 Å². The van der Waals surface area contributed by atoms with Crippen molar-refractivity contribution in [2.45, 2.75) is 38.8 Å². The lowest BCUT2D eigenvalue weighted by Gasteiger charge is -2.32. The summed E-state index contributed by atoms with van der Waals surface area (Å²) in [7, 11) is 0. The smallest absolute Gasteiger partial charge is 0.326 e. The first-order valence-corrected chi connectivity index (χ1v) is 15.9. The number of aryl methyl sites for hydroxylation is 1. The molecular weight excluding hydrogens is 568 g/mol. The summed E-state index contributed by atoms with van der Waals surface area (Å²) in [6.45, 7) is 4.76. The van der Waals surface area contributed by atoms with E-state index in [-0.39, 0.29) is 17.6 Å². The molecule has 0 spiro atoms. The number of para-hydroxylation sites is 2. The van der Waals surface area contributed by atoms with E-state index in [1.54, 1.807) is 11.3 Å². The maximum Gasteiger partial charge on any atom is 0.326 e. The van der Waals surface area contributed by atoms with Crippen LogP contribution in [-0.2, 0) is 17.8 Å². The van der Waals surface area contributed by atoms with Crippen molar-refractivity contribution in [1.29, 1.82) is 0 Å². The highest BCUT2D eigenvalue weighted by atomic mass is 32.1. The number of rotatable bonds is 8. The van der Waals surface area contributed by atoms with Gasteiger partial charge in [-0.25, -0.2) is 4.79 Å². The van der Waals surface area contributed by atoms with Gasteiger partial charge in [0.2, 0.25) is 5.91 Å². The van der Waals surface area contributed by atoms with Crippen molar-refractivity contribution in [3.05, 3.63) is 116 Å². The van der Waals surface area contributed by atoms with Crippen molar-refractivity contribution in [2.75, 3.05) is 18.4 Å². The molecule has 4 heterocycles. The number of carbonyl (C=O) groups excluding carboxylic acids is 1. The van der Waals surface area contributed by atoms with Gasteiger partial charge in [0.05, 0.1) is 28.7 Å². The van der Waals surface area contributed by atoms with Crippen molar-refractivity contribution in [1.82, 2.24) is 24.6 Å². The van der Waals surface area contributed by atoms with E-state index in [2.05, 4.69) is 55.7 Å². The summed E-state index contributed by atoms with van der Waals surface area (Å²) in [6.07, 6.45) is 6.37. The van der Waals surface area contributed by atoms with Crippen LogP contribution >= 0.6 is 11.3 Å². The van der Waals surface area contributed by atoms with Crippen LogP contribution in [0, 0.1) is 6.92 Å². The second-order valence-electron chi connectivity index (χ2n) is 11.5. The van der Waals surface area contributed by atoms with Gasteiger partial charge >= 0.3 is 5.69 Å². The summed E-state index contributed by atoms with van der Waals surface area (Å²) < 4.78 is 1.94. The fourth-order valence-corrected chi connectivity index (χ4v) is 6.92. The molecule has 7 rings (SSSR count). The van der Waals surface area contributed by atoms with Crippen molar-refractivity contribution in [2.24, 2.45) is 0 Å². The lowest BCUT2D eigenvalue weighted by Crippen LogP contribution is -2.36. The second-order valence-corrected chi connectivity index (χ2v) is 12.6. The number of benzene rings is 3. The third-order valence-electron chi connectivity index (χ3n) is 8.46. The van der Waals surface area contributed by atoms with E-state index in [1.807, 2.05) is 71.5 Å². The first-order valence-electron chi connectivity index (χ1n) is 15.0. The molecule has 8 nitrogen and oxygen atoms in total. The lowest BCUT2D eigenvalue weighted by atomic mass is 10.0. The first-order chi connectivity index (χ1) is 21.5. The molecule has 1 aliphatic heterocycles. The highest BCUT2D eigenvalue weighted by molar-refractivity contribution is 7.10. The molecular formula is C35H34N6O2S. The molecule has 44 heavy (non-hydrogen) atoms. The highest BCUT2D eigenvalue weighted by Crippen LogP contribution is 2.28.